The molecule has 3 aromatic rings. The number of methoxy groups -OCH3 is 1. The minimum Gasteiger partial charge on any atom is -0.496 e. The molecule has 0 aliphatic rings. The van der Waals surface area contributed by atoms with Gasteiger partial charge in [0.05, 0.1) is 28.3 Å². The number of hydrogen-bond acceptors (Lipinski definition) is 9. The average molecular weight is 604 g/mol. The predicted octanol–water partition coefficient (Wildman–Crippen LogP) is 4.38. The van der Waals surface area contributed by atoms with Gasteiger partial charge >= 0.3 is 6.09 Å². The molecule has 0 fully saturated rings. The number of fused-ring (bicyclic) bond motifs is 1. The van der Waals surface area contributed by atoms with Gasteiger partial charge in [0.25, 0.3) is 10.0 Å². The molecule has 2 aromatic carbocycles. The fourth-order valence-corrected chi connectivity index (χ4v) is 6.65. The van der Waals surface area contributed by atoms with Crippen molar-refractivity contribution in [1.82, 2.24) is 15.0 Å². The fourth-order valence-electron chi connectivity index (χ4n) is 4.21. The summed E-state index contributed by atoms with van der Waals surface area (Å²) in [5.41, 5.74) is 7.63. The van der Waals surface area contributed by atoms with Crippen molar-refractivity contribution in [2.24, 2.45) is 10.7 Å². The smallest absolute Gasteiger partial charge is 0.408 e. The highest BCUT2D eigenvalue weighted by molar-refractivity contribution is 7.90. The van der Waals surface area contributed by atoms with Gasteiger partial charge in [-0.2, -0.15) is 0 Å². The van der Waals surface area contributed by atoms with E-state index in [-0.39, 0.29) is 34.6 Å². The van der Waals surface area contributed by atoms with Crippen LogP contribution in [0.5, 0.6) is 5.75 Å². The molecule has 4 N–H and O–H groups in total. The second-order valence-electron chi connectivity index (χ2n) is 10.5. The summed E-state index contributed by atoms with van der Waals surface area (Å²) in [7, 11) is -2.49. The lowest BCUT2D eigenvalue weighted by molar-refractivity contribution is 0.0488. The number of nitrogens with two attached hydrogens (primary N) is 1. The molecular weight excluding hydrogens is 566 g/mol. The molecule has 13 heteroatoms. The predicted molar refractivity (Wildman–Crippen MR) is 160 cm³/mol. The highest BCUT2D eigenvalue weighted by atomic mass is 32.2. The Bertz CT molecular complexity index is 1540. The fraction of sp³-hybridized carbons (Fsp3) is 0.429. The molecular formula is C28H37N5O6S2. The second-order valence-corrected chi connectivity index (χ2v) is 13.2. The SMILES string of the molecule is COc1cc(C)c(S(=O)(=O)NC(N)=NCCCC(NC(=O)OC(C)(C)C)C(=O)c2nc3ccccc3s2)c(C)c1C. The Balaban J connectivity index is 1.71. The van der Waals surface area contributed by atoms with Crippen molar-refractivity contribution in [3.8, 4) is 5.75 Å². The highest BCUT2D eigenvalue weighted by Gasteiger charge is 2.27. The van der Waals surface area contributed by atoms with Crippen molar-refractivity contribution in [2.75, 3.05) is 13.7 Å². The number of sulfonamides is 1. The molecule has 0 aliphatic carbocycles. The van der Waals surface area contributed by atoms with Gasteiger partial charge in [-0.1, -0.05) is 12.1 Å². The van der Waals surface area contributed by atoms with Crippen LogP contribution in [0, 0.1) is 20.8 Å². The number of para-hydroxylation sites is 1. The van der Waals surface area contributed by atoms with Crippen molar-refractivity contribution < 1.29 is 27.5 Å². The van der Waals surface area contributed by atoms with Crippen molar-refractivity contribution in [3.05, 3.63) is 52.0 Å². The Morgan fingerprint density at radius 1 is 1.15 bits per heavy atom. The number of nitrogens with one attached hydrogen (secondary N) is 2. The normalized spacial score (nSPS) is 13.1. The maximum absolute atomic E-state index is 13.3. The summed E-state index contributed by atoms with van der Waals surface area (Å²) in [5, 5.41) is 2.91. The summed E-state index contributed by atoms with van der Waals surface area (Å²) in [4.78, 5) is 34.5. The molecule has 3 rings (SSSR count). The third-order valence-electron chi connectivity index (χ3n) is 6.15. The number of carbonyl (C=O) groups is 2. The first-order valence-electron chi connectivity index (χ1n) is 13.0. The first kappa shape index (κ1) is 31.8. The number of guanidine groups is 1. The summed E-state index contributed by atoms with van der Waals surface area (Å²) in [6, 6.07) is 8.11. The number of rotatable bonds is 10. The van der Waals surface area contributed by atoms with E-state index in [2.05, 4.69) is 20.0 Å². The molecule has 222 valence electrons. The van der Waals surface area contributed by atoms with Gasteiger partial charge in [-0.25, -0.2) is 22.9 Å². The summed E-state index contributed by atoms with van der Waals surface area (Å²) in [6.45, 7) is 10.4. The van der Waals surface area contributed by atoms with Crippen LogP contribution in [0.2, 0.25) is 0 Å². The number of aromatic nitrogens is 1. The Kier molecular flexibility index (Phi) is 9.98. The number of carbonyl (C=O) groups excluding carboxylic acids is 2. The molecule has 0 spiro atoms. The monoisotopic (exact) mass is 603 g/mol. The van der Waals surface area contributed by atoms with Crippen LogP contribution in [0.3, 0.4) is 0 Å². The zero-order valence-electron chi connectivity index (χ0n) is 24.3. The number of aryl methyl sites for hydroxylation is 1. The lowest BCUT2D eigenvalue weighted by Gasteiger charge is -2.22. The Morgan fingerprint density at radius 2 is 1.83 bits per heavy atom. The van der Waals surface area contributed by atoms with E-state index in [4.69, 9.17) is 15.2 Å². The van der Waals surface area contributed by atoms with Gasteiger partial charge in [0.1, 0.15) is 11.4 Å². The zero-order valence-corrected chi connectivity index (χ0v) is 26.0. The lowest BCUT2D eigenvalue weighted by atomic mass is 10.1. The summed E-state index contributed by atoms with van der Waals surface area (Å²) in [5.74, 6) is -0.0440. The number of nitrogens with zero attached hydrogens (tertiary/aromatic N) is 2. The quantitative estimate of drug-likeness (QED) is 0.133. The van der Waals surface area contributed by atoms with Crippen LogP contribution in [-0.2, 0) is 14.8 Å². The van der Waals surface area contributed by atoms with Crippen molar-refractivity contribution in [3.63, 3.8) is 0 Å². The Labute approximate surface area is 244 Å². The van der Waals surface area contributed by atoms with E-state index in [1.54, 1.807) is 47.6 Å². The third kappa shape index (κ3) is 8.17. The average Bonchev–Trinajstić information content (AvgIpc) is 3.30. The summed E-state index contributed by atoms with van der Waals surface area (Å²) >= 11 is 1.24. The third-order valence-corrected chi connectivity index (χ3v) is 8.85. The van der Waals surface area contributed by atoms with Crippen molar-refractivity contribution in [2.45, 2.75) is 70.9 Å². The van der Waals surface area contributed by atoms with Gasteiger partial charge in [0.15, 0.2) is 5.01 Å². The maximum Gasteiger partial charge on any atom is 0.408 e. The molecule has 1 heterocycles. The molecule has 0 saturated heterocycles. The van der Waals surface area contributed by atoms with Gasteiger partial charge in [-0.15, -0.1) is 11.3 Å². The Hall–Kier alpha value is -3.71. The van der Waals surface area contributed by atoms with E-state index >= 15 is 0 Å². The van der Waals surface area contributed by atoms with Crippen LogP contribution in [0.15, 0.2) is 40.2 Å². The number of alkyl carbamates (subject to hydrolysis) is 1. The first-order chi connectivity index (χ1) is 19.1. The number of ketones is 1. The lowest BCUT2D eigenvalue weighted by Crippen LogP contribution is -2.43. The standard InChI is InChI=1S/C28H37N5O6S2/c1-16-15-21(38-7)17(2)18(3)24(16)41(36,37)33-26(29)30-14-10-12-20(32-27(35)39-28(4,5)6)23(34)25-31-19-11-8-9-13-22(19)40-25/h8-9,11,13,15,20H,10,12,14H2,1-7H3,(H,32,35)(H3,29,30,33). The molecule has 1 aromatic heterocycles. The number of hydrogen-bond donors (Lipinski definition) is 3. The highest BCUT2D eigenvalue weighted by Crippen LogP contribution is 2.30. The van der Waals surface area contributed by atoms with E-state index in [9.17, 15) is 18.0 Å². The van der Waals surface area contributed by atoms with Crippen LogP contribution in [0.1, 0.15) is 60.1 Å². The molecule has 0 radical (unpaired) electrons. The molecule has 0 saturated carbocycles. The number of amides is 1. The summed E-state index contributed by atoms with van der Waals surface area (Å²) < 4.78 is 40.1. The van der Waals surface area contributed by atoms with Gasteiger partial charge in [-0.3, -0.25) is 9.79 Å². The van der Waals surface area contributed by atoms with Gasteiger partial charge in [0.2, 0.25) is 11.7 Å². The van der Waals surface area contributed by atoms with Crippen LogP contribution in [0.25, 0.3) is 10.2 Å². The minimum atomic E-state index is -4.01. The number of thiazole rings is 1. The van der Waals surface area contributed by atoms with Gasteiger partial charge in [-0.05, 0) is 89.3 Å². The number of Topliss-reactive ketones (excluding diaryl/α,β-unsaturated/α-hetero) is 1. The molecule has 0 aliphatic heterocycles. The number of aliphatic imine (C=N–C) groups is 1. The molecule has 41 heavy (non-hydrogen) atoms. The van der Waals surface area contributed by atoms with E-state index in [0.29, 0.717) is 34.4 Å². The van der Waals surface area contributed by atoms with Crippen LogP contribution >= 0.6 is 11.3 Å². The van der Waals surface area contributed by atoms with Gasteiger partial charge < -0.3 is 20.5 Å². The van der Waals surface area contributed by atoms with Crippen LogP contribution in [0.4, 0.5) is 4.79 Å². The molecule has 1 atom stereocenters. The van der Waals surface area contributed by atoms with Crippen LogP contribution in [-0.4, -0.2) is 56.5 Å². The topological polar surface area (TPSA) is 162 Å². The van der Waals surface area contributed by atoms with Crippen molar-refractivity contribution in [1.29, 1.82) is 0 Å². The number of ether oxygens (including phenoxy) is 2. The number of benzene rings is 2. The van der Waals surface area contributed by atoms with E-state index in [1.165, 1.54) is 18.4 Å². The maximum atomic E-state index is 13.3. The van der Waals surface area contributed by atoms with E-state index < -0.39 is 27.8 Å². The largest absolute Gasteiger partial charge is 0.496 e. The van der Waals surface area contributed by atoms with E-state index in [0.717, 1.165) is 4.70 Å². The first-order valence-corrected chi connectivity index (χ1v) is 15.3. The van der Waals surface area contributed by atoms with E-state index in [1.807, 2.05) is 24.3 Å². The summed E-state index contributed by atoms with van der Waals surface area (Å²) in [6.07, 6.45) is -0.208. The zero-order chi connectivity index (χ0) is 30.5. The molecule has 1 amide bonds. The Morgan fingerprint density at radius 3 is 2.46 bits per heavy atom. The minimum absolute atomic E-state index is 0.105. The molecule has 0 bridgehead atoms. The molecule has 11 nitrogen and oxygen atoms in total. The second kappa shape index (κ2) is 12.9. The van der Waals surface area contributed by atoms with Crippen LogP contribution < -0.4 is 20.5 Å². The molecule has 1 unspecified atom stereocenters. The van der Waals surface area contributed by atoms with Crippen molar-refractivity contribution >= 4 is 49.4 Å². The van der Waals surface area contributed by atoms with Gasteiger partial charge in [0, 0.05) is 6.54 Å².